The molecule has 112 valence electrons. The number of carbonyl (C=O) groups is 1. The van der Waals surface area contributed by atoms with Gasteiger partial charge in [-0.3, -0.25) is 4.79 Å². The van der Waals surface area contributed by atoms with Gasteiger partial charge in [-0.1, -0.05) is 18.2 Å². The van der Waals surface area contributed by atoms with E-state index in [4.69, 9.17) is 0 Å². The Hall–Kier alpha value is -2.14. The number of hydrogen-bond donors (Lipinski definition) is 1. The van der Waals surface area contributed by atoms with Gasteiger partial charge in [-0.05, 0) is 31.2 Å². The molecular formula is C17H13F2NOS. The molecule has 0 radical (unpaired) electrons. The van der Waals surface area contributed by atoms with Crippen molar-refractivity contribution in [2.75, 3.05) is 5.75 Å². The highest BCUT2D eigenvalue weighted by Gasteiger charge is 2.16. The van der Waals surface area contributed by atoms with Gasteiger partial charge in [-0.15, -0.1) is 11.8 Å². The Morgan fingerprint density at radius 3 is 2.68 bits per heavy atom. The van der Waals surface area contributed by atoms with Crippen LogP contribution in [0, 0.1) is 18.6 Å². The van der Waals surface area contributed by atoms with E-state index in [1.165, 1.54) is 17.8 Å². The fourth-order valence-electron chi connectivity index (χ4n) is 2.42. The van der Waals surface area contributed by atoms with Gasteiger partial charge < -0.3 is 4.98 Å². The molecule has 0 spiro atoms. The molecule has 3 aromatic rings. The van der Waals surface area contributed by atoms with Crippen molar-refractivity contribution in [1.82, 2.24) is 4.98 Å². The van der Waals surface area contributed by atoms with Crippen molar-refractivity contribution in [3.8, 4) is 0 Å². The fourth-order valence-corrected chi connectivity index (χ4v) is 3.22. The molecule has 0 aliphatic heterocycles. The molecule has 0 aliphatic rings. The van der Waals surface area contributed by atoms with Gasteiger partial charge >= 0.3 is 0 Å². The van der Waals surface area contributed by atoms with Crippen LogP contribution in [-0.4, -0.2) is 16.5 Å². The normalized spacial score (nSPS) is 11.0. The van der Waals surface area contributed by atoms with Gasteiger partial charge in [0, 0.05) is 27.1 Å². The van der Waals surface area contributed by atoms with E-state index in [0.29, 0.717) is 10.5 Å². The maximum absolute atomic E-state index is 13.2. The Kier molecular flexibility index (Phi) is 3.98. The number of rotatable bonds is 4. The molecule has 5 heteroatoms. The average molecular weight is 317 g/mol. The molecule has 1 aromatic heterocycles. The van der Waals surface area contributed by atoms with E-state index in [2.05, 4.69) is 4.98 Å². The quantitative estimate of drug-likeness (QED) is 0.557. The van der Waals surface area contributed by atoms with Crippen molar-refractivity contribution in [2.24, 2.45) is 0 Å². The summed E-state index contributed by atoms with van der Waals surface area (Å²) in [6.45, 7) is 1.86. The first-order chi connectivity index (χ1) is 10.6. The minimum absolute atomic E-state index is 0.0373. The molecule has 2 nitrogen and oxygen atoms in total. The zero-order valence-corrected chi connectivity index (χ0v) is 12.6. The first-order valence-corrected chi connectivity index (χ1v) is 7.73. The molecule has 3 rings (SSSR count). The third-order valence-corrected chi connectivity index (χ3v) is 4.43. The van der Waals surface area contributed by atoms with Gasteiger partial charge in [-0.2, -0.15) is 0 Å². The van der Waals surface area contributed by atoms with Crippen LogP contribution in [0.15, 0.2) is 47.4 Å². The summed E-state index contributed by atoms with van der Waals surface area (Å²) in [7, 11) is 0. The van der Waals surface area contributed by atoms with E-state index >= 15 is 0 Å². The third kappa shape index (κ3) is 2.76. The van der Waals surface area contributed by atoms with Crippen LogP contribution in [0.2, 0.25) is 0 Å². The van der Waals surface area contributed by atoms with Crippen molar-refractivity contribution < 1.29 is 13.6 Å². The number of Topliss-reactive ketones (excluding diaryl/α,β-unsaturated/α-hetero) is 1. The molecule has 0 saturated carbocycles. The lowest BCUT2D eigenvalue weighted by Gasteiger charge is -2.03. The van der Waals surface area contributed by atoms with Crippen LogP contribution >= 0.6 is 11.8 Å². The Labute approximate surface area is 130 Å². The first kappa shape index (κ1) is 14.8. The second kappa shape index (κ2) is 5.93. The molecule has 0 atom stereocenters. The highest BCUT2D eigenvalue weighted by molar-refractivity contribution is 8.00. The third-order valence-electron chi connectivity index (χ3n) is 3.43. The zero-order chi connectivity index (χ0) is 15.7. The minimum atomic E-state index is -0.902. The van der Waals surface area contributed by atoms with Crippen molar-refractivity contribution in [2.45, 2.75) is 11.8 Å². The lowest BCUT2D eigenvalue weighted by atomic mass is 10.1. The van der Waals surface area contributed by atoms with E-state index < -0.39 is 11.6 Å². The largest absolute Gasteiger partial charge is 0.358 e. The van der Waals surface area contributed by atoms with Crippen molar-refractivity contribution >= 4 is 28.4 Å². The molecular weight excluding hydrogens is 304 g/mol. The van der Waals surface area contributed by atoms with Gasteiger partial charge in [0.1, 0.15) is 0 Å². The Bertz CT molecular complexity index is 857. The van der Waals surface area contributed by atoms with Crippen LogP contribution in [-0.2, 0) is 0 Å². The Balaban J connectivity index is 1.81. The molecule has 0 bridgehead atoms. The number of aryl methyl sites for hydroxylation is 1. The number of carbonyl (C=O) groups excluding carboxylic acids is 1. The second-order valence-corrected chi connectivity index (χ2v) is 6.01. The van der Waals surface area contributed by atoms with Gasteiger partial charge in [-0.25, -0.2) is 8.78 Å². The first-order valence-electron chi connectivity index (χ1n) is 6.74. The highest BCUT2D eigenvalue weighted by atomic mass is 32.2. The molecule has 1 heterocycles. The lowest BCUT2D eigenvalue weighted by molar-refractivity contribution is 0.102. The average Bonchev–Trinajstić information content (AvgIpc) is 2.84. The van der Waals surface area contributed by atoms with E-state index in [1.807, 2.05) is 31.2 Å². The minimum Gasteiger partial charge on any atom is -0.358 e. The summed E-state index contributed by atoms with van der Waals surface area (Å²) in [5, 5.41) is 0.885. The topological polar surface area (TPSA) is 32.9 Å². The predicted octanol–water partition coefficient (Wildman–Crippen LogP) is 4.73. The number of thioether (sulfide) groups is 1. The van der Waals surface area contributed by atoms with Crippen molar-refractivity contribution in [3.05, 3.63) is 65.4 Å². The number of para-hydroxylation sites is 1. The monoisotopic (exact) mass is 317 g/mol. The summed E-state index contributed by atoms with van der Waals surface area (Å²) < 4.78 is 26.1. The number of benzene rings is 2. The number of hydrogen-bond acceptors (Lipinski definition) is 2. The van der Waals surface area contributed by atoms with Crippen LogP contribution in [0.5, 0.6) is 0 Å². The molecule has 0 fully saturated rings. The summed E-state index contributed by atoms with van der Waals surface area (Å²) in [6, 6.07) is 11.3. The Morgan fingerprint density at radius 2 is 1.91 bits per heavy atom. The van der Waals surface area contributed by atoms with Gasteiger partial charge in [0.2, 0.25) is 0 Å². The standard InChI is InChI=1S/C17H13F2NOS/c1-10-17(12-4-2-3-5-15(12)20-10)16(21)9-22-11-6-7-13(18)14(19)8-11/h2-8,20H,9H2,1H3. The number of aromatic amines is 1. The van der Waals surface area contributed by atoms with E-state index in [9.17, 15) is 13.6 Å². The maximum atomic E-state index is 13.2. The van der Waals surface area contributed by atoms with Crippen molar-refractivity contribution in [1.29, 1.82) is 0 Å². The van der Waals surface area contributed by atoms with E-state index in [1.54, 1.807) is 0 Å². The number of halogens is 2. The predicted molar refractivity (Wildman–Crippen MR) is 84.4 cm³/mol. The molecule has 22 heavy (non-hydrogen) atoms. The van der Waals surface area contributed by atoms with Crippen LogP contribution in [0.3, 0.4) is 0 Å². The molecule has 0 amide bonds. The summed E-state index contributed by atoms with van der Waals surface area (Å²) in [5.41, 5.74) is 2.39. The fraction of sp³-hybridized carbons (Fsp3) is 0.118. The summed E-state index contributed by atoms with van der Waals surface area (Å²) in [5.74, 6) is -1.65. The number of fused-ring (bicyclic) bond motifs is 1. The van der Waals surface area contributed by atoms with Crippen LogP contribution in [0.4, 0.5) is 8.78 Å². The van der Waals surface area contributed by atoms with Crippen molar-refractivity contribution in [3.63, 3.8) is 0 Å². The highest BCUT2D eigenvalue weighted by Crippen LogP contribution is 2.26. The zero-order valence-electron chi connectivity index (χ0n) is 11.8. The summed E-state index contributed by atoms with van der Waals surface area (Å²) in [6.07, 6.45) is 0. The lowest BCUT2D eigenvalue weighted by Crippen LogP contribution is -2.03. The number of nitrogens with one attached hydrogen (secondary N) is 1. The van der Waals surface area contributed by atoms with Gasteiger partial charge in [0.15, 0.2) is 17.4 Å². The van der Waals surface area contributed by atoms with Gasteiger partial charge in [0.05, 0.1) is 5.75 Å². The Morgan fingerprint density at radius 1 is 1.14 bits per heavy atom. The van der Waals surface area contributed by atoms with Crippen LogP contribution in [0.1, 0.15) is 16.1 Å². The molecule has 0 saturated heterocycles. The van der Waals surface area contributed by atoms with Gasteiger partial charge in [0.25, 0.3) is 0 Å². The van der Waals surface area contributed by atoms with E-state index in [0.717, 1.165) is 28.7 Å². The second-order valence-electron chi connectivity index (χ2n) is 4.96. The van der Waals surface area contributed by atoms with Crippen LogP contribution < -0.4 is 0 Å². The summed E-state index contributed by atoms with van der Waals surface area (Å²) >= 11 is 1.20. The SMILES string of the molecule is Cc1[nH]c2ccccc2c1C(=O)CSc1ccc(F)c(F)c1. The number of ketones is 1. The smallest absolute Gasteiger partial charge is 0.175 e. The maximum Gasteiger partial charge on any atom is 0.175 e. The molecule has 2 aromatic carbocycles. The summed E-state index contributed by atoms with van der Waals surface area (Å²) in [4.78, 5) is 16.2. The van der Waals surface area contributed by atoms with Crippen LogP contribution in [0.25, 0.3) is 10.9 Å². The molecule has 1 N–H and O–H groups in total. The van der Waals surface area contributed by atoms with E-state index in [-0.39, 0.29) is 11.5 Å². The number of aromatic nitrogens is 1. The molecule has 0 unspecified atom stereocenters. The molecule has 0 aliphatic carbocycles. The number of H-pyrrole nitrogens is 1.